The smallest absolute Gasteiger partial charge is 0.0325 e. The predicted molar refractivity (Wildman–Crippen MR) is 77.5 cm³/mol. The average molecular weight is 264 g/mol. The Kier molecular flexibility index (Phi) is 3.73. The van der Waals surface area contributed by atoms with Gasteiger partial charge in [-0.05, 0) is 56.2 Å². The molecule has 3 atom stereocenters. The summed E-state index contributed by atoms with van der Waals surface area (Å²) in [5.74, 6) is 3.09. The van der Waals surface area contributed by atoms with Crippen molar-refractivity contribution in [2.24, 2.45) is 23.5 Å². The van der Waals surface area contributed by atoms with E-state index >= 15 is 0 Å². The summed E-state index contributed by atoms with van der Waals surface area (Å²) < 4.78 is 0. The third-order valence-electron chi connectivity index (χ3n) is 4.77. The first-order chi connectivity index (χ1) is 8.74. The molecule has 2 aliphatic carbocycles. The quantitative estimate of drug-likeness (QED) is 0.885. The van der Waals surface area contributed by atoms with Crippen LogP contribution in [0.15, 0.2) is 12.1 Å². The van der Waals surface area contributed by atoms with Gasteiger partial charge >= 0.3 is 0 Å². The number of nitrogens with two attached hydrogens (primary N) is 1. The van der Waals surface area contributed by atoms with E-state index in [4.69, 9.17) is 5.73 Å². The SMILES string of the molecule is CN(Cc1ccc(CN)s1)CC1CC2CCC1C2. The highest BCUT2D eigenvalue weighted by Gasteiger charge is 2.39. The lowest BCUT2D eigenvalue weighted by Gasteiger charge is -2.26. The molecule has 18 heavy (non-hydrogen) atoms. The molecule has 3 unspecified atom stereocenters. The fraction of sp³-hybridized carbons (Fsp3) is 0.733. The molecule has 0 saturated heterocycles. The summed E-state index contributed by atoms with van der Waals surface area (Å²) in [7, 11) is 2.27. The number of nitrogens with zero attached hydrogens (tertiary/aromatic N) is 1. The fourth-order valence-corrected chi connectivity index (χ4v) is 4.93. The number of hydrogen-bond donors (Lipinski definition) is 1. The van der Waals surface area contributed by atoms with Crippen LogP contribution in [0.4, 0.5) is 0 Å². The Morgan fingerprint density at radius 1 is 1.28 bits per heavy atom. The summed E-state index contributed by atoms with van der Waals surface area (Å²) in [6, 6.07) is 4.41. The Morgan fingerprint density at radius 2 is 2.11 bits per heavy atom. The Balaban J connectivity index is 1.51. The average Bonchev–Trinajstić information content (AvgIpc) is 3.04. The molecule has 0 amide bonds. The second-order valence-electron chi connectivity index (χ2n) is 6.20. The summed E-state index contributed by atoms with van der Waals surface area (Å²) in [6.45, 7) is 3.07. The zero-order chi connectivity index (χ0) is 12.5. The van der Waals surface area contributed by atoms with Crippen molar-refractivity contribution in [3.8, 4) is 0 Å². The minimum atomic E-state index is 0.681. The maximum absolute atomic E-state index is 5.66. The second-order valence-corrected chi connectivity index (χ2v) is 7.46. The third-order valence-corrected chi connectivity index (χ3v) is 5.87. The van der Waals surface area contributed by atoms with E-state index in [2.05, 4.69) is 24.1 Å². The van der Waals surface area contributed by atoms with Gasteiger partial charge in [0.2, 0.25) is 0 Å². The van der Waals surface area contributed by atoms with Crippen LogP contribution in [0, 0.1) is 17.8 Å². The summed E-state index contributed by atoms with van der Waals surface area (Å²) in [5.41, 5.74) is 5.66. The molecule has 2 nitrogen and oxygen atoms in total. The maximum Gasteiger partial charge on any atom is 0.0325 e. The van der Waals surface area contributed by atoms with Gasteiger partial charge < -0.3 is 10.6 Å². The van der Waals surface area contributed by atoms with Crippen molar-refractivity contribution in [2.75, 3.05) is 13.6 Å². The summed E-state index contributed by atoms with van der Waals surface area (Å²) >= 11 is 1.87. The van der Waals surface area contributed by atoms with E-state index in [1.54, 1.807) is 0 Å². The molecule has 0 aromatic carbocycles. The van der Waals surface area contributed by atoms with Gasteiger partial charge in [0.1, 0.15) is 0 Å². The highest BCUT2D eigenvalue weighted by Crippen LogP contribution is 2.48. The van der Waals surface area contributed by atoms with Crippen molar-refractivity contribution in [1.82, 2.24) is 4.90 Å². The summed E-state index contributed by atoms with van der Waals surface area (Å²) in [5, 5.41) is 0. The lowest BCUT2D eigenvalue weighted by molar-refractivity contribution is 0.216. The highest BCUT2D eigenvalue weighted by molar-refractivity contribution is 7.11. The second kappa shape index (κ2) is 5.32. The third kappa shape index (κ3) is 2.63. The first-order valence-corrected chi connectivity index (χ1v) is 8.02. The van der Waals surface area contributed by atoms with Crippen molar-refractivity contribution in [3.63, 3.8) is 0 Å². The van der Waals surface area contributed by atoms with Gasteiger partial charge in [0.15, 0.2) is 0 Å². The van der Waals surface area contributed by atoms with Gasteiger partial charge in [0.25, 0.3) is 0 Å². The van der Waals surface area contributed by atoms with Crippen LogP contribution in [-0.4, -0.2) is 18.5 Å². The topological polar surface area (TPSA) is 29.3 Å². The van der Waals surface area contributed by atoms with E-state index in [1.165, 1.54) is 42.0 Å². The van der Waals surface area contributed by atoms with Gasteiger partial charge in [0.05, 0.1) is 0 Å². The molecule has 1 heterocycles. The Hall–Kier alpha value is -0.380. The van der Waals surface area contributed by atoms with E-state index in [1.807, 2.05) is 11.3 Å². The van der Waals surface area contributed by atoms with Crippen LogP contribution in [0.25, 0.3) is 0 Å². The van der Waals surface area contributed by atoms with Crippen molar-refractivity contribution < 1.29 is 0 Å². The van der Waals surface area contributed by atoms with Gasteiger partial charge in [0, 0.05) is 29.4 Å². The van der Waals surface area contributed by atoms with Crippen molar-refractivity contribution in [2.45, 2.75) is 38.8 Å². The molecule has 1 aromatic heterocycles. The van der Waals surface area contributed by atoms with Crippen LogP contribution in [-0.2, 0) is 13.1 Å². The van der Waals surface area contributed by atoms with E-state index in [0.29, 0.717) is 6.54 Å². The largest absolute Gasteiger partial charge is 0.326 e. The molecule has 3 rings (SSSR count). The van der Waals surface area contributed by atoms with E-state index in [-0.39, 0.29) is 0 Å². The first kappa shape index (κ1) is 12.6. The van der Waals surface area contributed by atoms with E-state index in [9.17, 15) is 0 Å². The molecule has 2 N–H and O–H groups in total. The molecule has 0 radical (unpaired) electrons. The van der Waals surface area contributed by atoms with Crippen molar-refractivity contribution in [3.05, 3.63) is 21.9 Å². The van der Waals surface area contributed by atoms with E-state index < -0.39 is 0 Å². The van der Waals surface area contributed by atoms with Crippen LogP contribution in [0.2, 0.25) is 0 Å². The van der Waals surface area contributed by atoms with Crippen LogP contribution in [0.1, 0.15) is 35.4 Å². The summed E-state index contributed by atoms with van der Waals surface area (Å²) in [6.07, 6.45) is 6.03. The molecule has 1 aromatic rings. The molecule has 0 spiro atoms. The van der Waals surface area contributed by atoms with E-state index in [0.717, 1.165) is 24.3 Å². The van der Waals surface area contributed by atoms with Crippen LogP contribution in [0.3, 0.4) is 0 Å². The number of hydrogen-bond acceptors (Lipinski definition) is 3. The molecule has 2 bridgehead atoms. The predicted octanol–water partition coefficient (Wildman–Crippen LogP) is 3.07. The monoisotopic (exact) mass is 264 g/mol. The lowest BCUT2D eigenvalue weighted by Crippen LogP contribution is -2.28. The van der Waals surface area contributed by atoms with Crippen LogP contribution in [0.5, 0.6) is 0 Å². The van der Waals surface area contributed by atoms with Gasteiger partial charge in [-0.15, -0.1) is 11.3 Å². The Morgan fingerprint density at radius 3 is 2.72 bits per heavy atom. The minimum Gasteiger partial charge on any atom is -0.326 e. The molecule has 0 aliphatic heterocycles. The molecule has 100 valence electrons. The van der Waals surface area contributed by atoms with Crippen LogP contribution < -0.4 is 5.73 Å². The standard InChI is InChI=1S/C15H24N2S/c1-17(10-15-5-4-14(8-16)18-15)9-13-7-11-2-3-12(13)6-11/h4-5,11-13H,2-3,6-10,16H2,1H3. The number of thiophene rings is 1. The van der Waals surface area contributed by atoms with Gasteiger partial charge in [-0.2, -0.15) is 0 Å². The normalized spacial score (nSPS) is 30.5. The zero-order valence-corrected chi connectivity index (χ0v) is 12.1. The molecule has 3 heteroatoms. The van der Waals surface area contributed by atoms with Gasteiger partial charge in [-0.1, -0.05) is 6.42 Å². The molecule has 2 saturated carbocycles. The number of fused-ring (bicyclic) bond motifs is 2. The molecule has 2 aliphatic rings. The summed E-state index contributed by atoms with van der Waals surface area (Å²) in [4.78, 5) is 5.27. The molecular weight excluding hydrogens is 240 g/mol. The highest BCUT2D eigenvalue weighted by atomic mass is 32.1. The van der Waals surface area contributed by atoms with Gasteiger partial charge in [-0.25, -0.2) is 0 Å². The number of rotatable bonds is 5. The lowest BCUT2D eigenvalue weighted by atomic mass is 9.88. The molecule has 2 fully saturated rings. The van der Waals surface area contributed by atoms with Crippen molar-refractivity contribution >= 4 is 11.3 Å². The molecular formula is C15H24N2S. The van der Waals surface area contributed by atoms with Gasteiger partial charge in [-0.3, -0.25) is 0 Å². The van der Waals surface area contributed by atoms with Crippen LogP contribution >= 0.6 is 11.3 Å². The minimum absolute atomic E-state index is 0.681. The Bertz CT molecular complexity index is 401. The maximum atomic E-state index is 5.66. The Labute approximate surface area is 114 Å². The first-order valence-electron chi connectivity index (χ1n) is 7.21. The van der Waals surface area contributed by atoms with Crippen molar-refractivity contribution in [1.29, 1.82) is 0 Å². The fourth-order valence-electron chi connectivity index (χ4n) is 3.95. The zero-order valence-electron chi connectivity index (χ0n) is 11.3.